The molecule has 0 unspecified atom stereocenters. The molecule has 0 spiro atoms. The lowest BCUT2D eigenvalue weighted by Gasteiger charge is -2.12. The molecule has 9 nitrogen and oxygen atoms in total. The molecule has 0 saturated heterocycles. The zero-order chi connectivity index (χ0) is 16.3. The van der Waals surface area contributed by atoms with Crippen LogP contribution < -0.4 is 0 Å². The molecule has 0 aromatic heterocycles. The second-order valence-electron chi connectivity index (χ2n) is 4.47. The maximum Gasteiger partial charge on any atom is 0.372 e. The number of hydrogen-bond acceptors (Lipinski definition) is 8. The summed E-state index contributed by atoms with van der Waals surface area (Å²) in [5, 5.41) is 16.4. The molecule has 1 aliphatic heterocycles. The molecule has 0 fully saturated rings. The predicted molar refractivity (Wildman–Crippen MR) is 67.8 cm³/mol. The highest BCUT2D eigenvalue weighted by molar-refractivity contribution is 6.21. The Labute approximate surface area is 123 Å². The molecule has 116 valence electrons. The number of amides is 2. The first-order valence-electron chi connectivity index (χ1n) is 6.19. The molecule has 1 aromatic carbocycles. The van der Waals surface area contributed by atoms with E-state index in [0.717, 1.165) is 11.0 Å². The highest BCUT2D eigenvalue weighted by Gasteiger charge is 2.35. The fourth-order valence-electron chi connectivity index (χ4n) is 2.10. The van der Waals surface area contributed by atoms with Gasteiger partial charge in [-0.15, -0.1) is 0 Å². The van der Waals surface area contributed by atoms with Gasteiger partial charge >= 0.3 is 11.9 Å². The van der Waals surface area contributed by atoms with Crippen LogP contribution in [-0.2, 0) is 14.6 Å². The van der Waals surface area contributed by atoms with Gasteiger partial charge in [-0.25, -0.2) is 9.59 Å². The fraction of sp³-hybridized carbons (Fsp3) is 0.231. The first-order valence-corrected chi connectivity index (χ1v) is 6.19. The van der Waals surface area contributed by atoms with Crippen LogP contribution in [-0.4, -0.2) is 45.7 Å². The third-order valence-electron chi connectivity index (χ3n) is 3.15. The number of carbonyl (C=O) groups is 4. The number of rotatable bonds is 5. The van der Waals surface area contributed by atoms with Crippen LogP contribution in [0.3, 0.4) is 0 Å². The summed E-state index contributed by atoms with van der Waals surface area (Å²) in [4.78, 5) is 54.2. The average molecular weight is 309 g/mol. The van der Waals surface area contributed by atoms with E-state index in [9.17, 15) is 19.2 Å². The zero-order valence-electron chi connectivity index (χ0n) is 11.1. The Morgan fingerprint density at radius 2 is 1.73 bits per heavy atom. The molecular formula is C13H11NO8. The standard InChI is InChI=1S/C13H11NO8/c15-10(21-19)2-1-5-14-11(16)8-4-3-7(13(18)22-20)6-9(8)12(14)17/h3-4,6,19-20H,1-2,5H2. The van der Waals surface area contributed by atoms with Crippen LogP contribution >= 0.6 is 0 Å². The molecule has 0 saturated carbocycles. The molecule has 0 bridgehead atoms. The van der Waals surface area contributed by atoms with Crippen LogP contribution in [0, 0.1) is 0 Å². The Hall–Kier alpha value is -2.78. The van der Waals surface area contributed by atoms with E-state index in [4.69, 9.17) is 10.5 Å². The second kappa shape index (κ2) is 6.33. The lowest BCUT2D eigenvalue weighted by Crippen LogP contribution is -2.31. The first-order chi connectivity index (χ1) is 10.5. The number of carbonyl (C=O) groups excluding carboxylic acids is 4. The van der Waals surface area contributed by atoms with Crippen LogP contribution in [0.5, 0.6) is 0 Å². The highest BCUT2D eigenvalue weighted by atomic mass is 17.1. The van der Waals surface area contributed by atoms with E-state index in [0.29, 0.717) is 0 Å². The van der Waals surface area contributed by atoms with Gasteiger partial charge in [0.25, 0.3) is 11.8 Å². The van der Waals surface area contributed by atoms with Gasteiger partial charge in [0.05, 0.1) is 23.1 Å². The van der Waals surface area contributed by atoms with E-state index in [1.54, 1.807) is 0 Å². The number of imide groups is 1. The Kier molecular flexibility index (Phi) is 4.49. The number of benzene rings is 1. The van der Waals surface area contributed by atoms with Crippen molar-refractivity contribution in [3.8, 4) is 0 Å². The molecule has 0 atom stereocenters. The van der Waals surface area contributed by atoms with E-state index in [1.165, 1.54) is 12.1 Å². The molecule has 0 radical (unpaired) electrons. The minimum atomic E-state index is -1.05. The summed E-state index contributed by atoms with van der Waals surface area (Å²) in [5.74, 6) is -3.09. The first kappa shape index (κ1) is 15.6. The summed E-state index contributed by atoms with van der Waals surface area (Å²) in [6.07, 6.45) is -0.0393. The summed E-state index contributed by atoms with van der Waals surface area (Å²) < 4.78 is 0. The summed E-state index contributed by atoms with van der Waals surface area (Å²) in [6.45, 7) is -0.0404. The Morgan fingerprint density at radius 3 is 2.36 bits per heavy atom. The van der Waals surface area contributed by atoms with Crippen molar-refractivity contribution >= 4 is 23.8 Å². The van der Waals surface area contributed by atoms with Crippen molar-refractivity contribution in [1.82, 2.24) is 4.90 Å². The average Bonchev–Trinajstić information content (AvgIpc) is 2.78. The second-order valence-corrected chi connectivity index (χ2v) is 4.47. The smallest absolute Gasteiger partial charge is 0.301 e. The minimum absolute atomic E-state index is 0.0117. The van der Waals surface area contributed by atoms with Gasteiger partial charge < -0.3 is 4.89 Å². The van der Waals surface area contributed by atoms with E-state index < -0.39 is 23.8 Å². The lowest BCUT2D eigenvalue weighted by molar-refractivity contribution is -0.234. The van der Waals surface area contributed by atoms with Crippen LogP contribution in [0.15, 0.2) is 18.2 Å². The van der Waals surface area contributed by atoms with Crippen molar-refractivity contribution in [3.63, 3.8) is 0 Å². The Bertz CT molecular complexity index is 653. The molecular weight excluding hydrogens is 298 g/mol. The van der Waals surface area contributed by atoms with Gasteiger partial charge in [-0.05, 0) is 24.6 Å². The Balaban J connectivity index is 2.15. The van der Waals surface area contributed by atoms with Gasteiger partial charge in [0, 0.05) is 6.54 Å². The zero-order valence-corrected chi connectivity index (χ0v) is 11.1. The van der Waals surface area contributed by atoms with E-state index in [2.05, 4.69) is 9.78 Å². The van der Waals surface area contributed by atoms with E-state index in [-0.39, 0.29) is 36.1 Å². The van der Waals surface area contributed by atoms with Crippen molar-refractivity contribution in [2.24, 2.45) is 0 Å². The normalized spacial score (nSPS) is 13.1. The molecule has 22 heavy (non-hydrogen) atoms. The molecule has 2 amide bonds. The quantitative estimate of drug-likeness (QED) is 0.462. The molecule has 1 heterocycles. The Morgan fingerprint density at radius 1 is 1.05 bits per heavy atom. The van der Waals surface area contributed by atoms with Gasteiger partial charge in [0.1, 0.15) is 0 Å². The van der Waals surface area contributed by atoms with Crippen LogP contribution in [0.4, 0.5) is 0 Å². The molecule has 2 N–H and O–H groups in total. The molecule has 1 aliphatic rings. The largest absolute Gasteiger partial charge is 0.372 e. The van der Waals surface area contributed by atoms with E-state index in [1.807, 2.05) is 0 Å². The summed E-state index contributed by atoms with van der Waals surface area (Å²) in [6, 6.07) is 3.68. The van der Waals surface area contributed by atoms with Gasteiger partial charge in [0.2, 0.25) is 0 Å². The maximum absolute atomic E-state index is 12.1. The number of nitrogens with zero attached hydrogens (tertiary/aromatic N) is 1. The van der Waals surface area contributed by atoms with Crippen LogP contribution in [0.1, 0.15) is 43.9 Å². The van der Waals surface area contributed by atoms with Gasteiger partial charge in [-0.1, -0.05) is 0 Å². The van der Waals surface area contributed by atoms with Gasteiger partial charge in [-0.2, -0.15) is 10.5 Å². The van der Waals surface area contributed by atoms with Crippen LogP contribution in [0.25, 0.3) is 0 Å². The predicted octanol–water partition coefficient (Wildman–Crippen LogP) is 0.709. The fourth-order valence-corrected chi connectivity index (χ4v) is 2.10. The van der Waals surface area contributed by atoms with Crippen molar-refractivity contribution in [3.05, 3.63) is 34.9 Å². The summed E-state index contributed by atoms with van der Waals surface area (Å²) in [7, 11) is 0. The highest BCUT2D eigenvalue weighted by Crippen LogP contribution is 2.24. The van der Waals surface area contributed by atoms with Crippen molar-refractivity contribution in [2.45, 2.75) is 12.8 Å². The van der Waals surface area contributed by atoms with Crippen molar-refractivity contribution in [1.29, 1.82) is 0 Å². The molecule has 2 rings (SSSR count). The van der Waals surface area contributed by atoms with Gasteiger partial charge in [0.15, 0.2) is 0 Å². The van der Waals surface area contributed by atoms with Crippen molar-refractivity contribution in [2.75, 3.05) is 6.54 Å². The summed E-state index contributed by atoms with van der Waals surface area (Å²) in [5.41, 5.74) is 0.0509. The van der Waals surface area contributed by atoms with E-state index >= 15 is 0 Å². The molecule has 1 aromatic rings. The number of hydrogen-bond donors (Lipinski definition) is 2. The molecule has 0 aliphatic carbocycles. The maximum atomic E-state index is 12.1. The third-order valence-corrected chi connectivity index (χ3v) is 3.15. The number of fused-ring (bicyclic) bond motifs is 1. The molecule has 9 heteroatoms. The van der Waals surface area contributed by atoms with Gasteiger partial charge in [-0.3, -0.25) is 19.4 Å². The minimum Gasteiger partial charge on any atom is -0.301 e. The SMILES string of the molecule is O=C(CCCN1C(=O)c2ccc(C(=O)OO)cc2C1=O)OO. The topological polar surface area (TPSA) is 130 Å². The third kappa shape index (κ3) is 2.80. The van der Waals surface area contributed by atoms with Crippen LogP contribution in [0.2, 0.25) is 0 Å². The lowest BCUT2D eigenvalue weighted by atomic mass is 10.1. The van der Waals surface area contributed by atoms with Crippen molar-refractivity contribution < 1.29 is 39.5 Å². The summed E-state index contributed by atoms with van der Waals surface area (Å²) >= 11 is 0. The monoisotopic (exact) mass is 309 g/mol.